The van der Waals surface area contributed by atoms with E-state index in [4.69, 9.17) is 10.00 Å². The third-order valence-electron chi connectivity index (χ3n) is 3.06. The van der Waals surface area contributed by atoms with Crippen LogP contribution in [-0.2, 0) is 9.53 Å². The molecule has 2 rings (SSSR count). The molecule has 4 heteroatoms. The van der Waals surface area contributed by atoms with Crippen LogP contribution in [0.25, 0.3) is 6.08 Å². The Morgan fingerprint density at radius 3 is 2.22 bits per heavy atom. The fraction of sp³-hybridized carbons (Fsp3) is 0.158. The average Bonchev–Trinajstić information content (AvgIpc) is 2.56. The van der Waals surface area contributed by atoms with Gasteiger partial charge in [0.05, 0.1) is 0 Å². The van der Waals surface area contributed by atoms with E-state index in [1.54, 1.807) is 13.0 Å². The van der Waals surface area contributed by atoms with Crippen LogP contribution in [0.4, 0.5) is 0 Å². The van der Waals surface area contributed by atoms with Crippen molar-refractivity contribution in [3.05, 3.63) is 65.2 Å². The zero-order chi connectivity index (χ0) is 16.7. The number of hydrogen-bond donors (Lipinski definition) is 0. The van der Waals surface area contributed by atoms with Crippen LogP contribution >= 0.6 is 0 Å². The van der Waals surface area contributed by atoms with E-state index in [2.05, 4.69) is 43.3 Å². The summed E-state index contributed by atoms with van der Waals surface area (Å²) in [5.74, 6) is -0.576. The van der Waals surface area contributed by atoms with Crippen molar-refractivity contribution in [2.45, 2.75) is 13.8 Å². The number of nitrogens with zero attached hydrogens (tertiary/aromatic N) is 1. The summed E-state index contributed by atoms with van der Waals surface area (Å²) in [5, 5.41) is 9.04. The standard InChI is InChI=1S/C19H17NO2Te/c1-3-22-19(21)16(13-20)12-15-6-10-18(11-7-15)23-17-8-4-14(2)5-9-17/h4-12H,3H2,1-2H3/b16-12+. The molecule has 0 aliphatic heterocycles. The normalized spacial score (nSPS) is 10.9. The number of rotatable bonds is 5. The number of carbonyl (C=O) groups excluding carboxylic acids is 1. The molecule has 0 spiro atoms. The molecule has 0 heterocycles. The van der Waals surface area contributed by atoms with Gasteiger partial charge in [0.15, 0.2) is 0 Å². The second-order valence-corrected chi connectivity index (χ2v) is 8.15. The summed E-state index contributed by atoms with van der Waals surface area (Å²) < 4.78 is 7.55. The molecule has 0 aromatic heterocycles. The Hall–Kier alpha value is -2.07. The molecule has 0 unspecified atom stereocenters. The van der Waals surface area contributed by atoms with Crippen LogP contribution < -0.4 is 7.22 Å². The molecule has 0 aliphatic carbocycles. The fourth-order valence-corrected chi connectivity index (χ4v) is 4.22. The Morgan fingerprint density at radius 1 is 1.13 bits per heavy atom. The Labute approximate surface area is 146 Å². The second-order valence-electron chi connectivity index (χ2n) is 4.87. The van der Waals surface area contributed by atoms with Crippen molar-refractivity contribution in [2.24, 2.45) is 0 Å². The molecule has 0 saturated carbocycles. The molecule has 0 atom stereocenters. The SMILES string of the molecule is CCOC(=O)/C(C#N)=C/c1ccc([Te]c2ccc(C)cc2)cc1. The predicted molar refractivity (Wildman–Crippen MR) is 92.9 cm³/mol. The molecule has 3 nitrogen and oxygen atoms in total. The third kappa shape index (κ3) is 5.25. The van der Waals surface area contributed by atoms with Crippen molar-refractivity contribution < 1.29 is 9.53 Å². The Bertz CT molecular complexity index is 740. The van der Waals surface area contributed by atoms with Crippen LogP contribution in [-0.4, -0.2) is 33.5 Å². The van der Waals surface area contributed by atoms with Gasteiger partial charge in [-0.25, -0.2) is 0 Å². The average molecular weight is 419 g/mol. The first kappa shape index (κ1) is 17.3. The van der Waals surface area contributed by atoms with Crippen LogP contribution in [0.3, 0.4) is 0 Å². The number of esters is 1. The molecule has 0 bridgehead atoms. The molecule has 0 N–H and O–H groups in total. The van der Waals surface area contributed by atoms with Gasteiger partial charge in [-0.2, -0.15) is 0 Å². The molecule has 0 radical (unpaired) electrons. The van der Waals surface area contributed by atoms with Crippen LogP contribution in [0.5, 0.6) is 0 Å². The summed E-state index contributed by atoms with van der Waals surface area (Å²) in [6.45, 7) is 4.07. The number of carbonyl (C=O) groups is 1. The fourth-order valence-electron chi connectivity index (χ4n) is 1.89. The molecular formula is C19H17NO2Te. The minimum absolute atomic E-state index is 0.0228. The quantitative estimate of drug-likeness (QED) is 0.323. The minimum atomic E-state index is -0.576. The summed E-state index contributed by atoms with van der Waals surface area (Å²) >= 11 is -0.413. The molecule has 0 aliphatic rings. The molecule has 116 valence electrons. The van der Waals surface area contributed by atoms with E-state index >= 15 is 0 Å². The number of nitriles is 1. The Morgan fingerprint density at radius 2 is 1.70 bits per heavy atom. The number of ether oxygens (including phenoxy) is 1. The van der Waals surface area contributed by atoms with E-state index in [9.17, 15) is 4.79 Å². The monoisotopic (exact) mass is 421 g/mol. The van der Waals surface area contributed by atoms with Crippen molar-refractivity contribution in [1.29, 1.82) is 5.26 Å². The van der Waals surface area contributed by atoms with Gasteiger partial charge in [0.25, 0.3) is 0 Å². The van der Waals surface area contributed by atoms with Crippen LogP contribution in [0.1, 0.15) is 18.1 Å². The van der Waals surface area contributed by atoms with Crippen LogP contribution in [0.2, 0.25) is 0 Å². The summed E-state index contributed by atoms with van der Waals surface area (Å²) in [5.41, 5.74) is 2.12. The Kier molecular flexibility index (Phi) is 6.41. The summed E-state index contributed by atoms with van der Waals surface area (Å²) in [6.07, 6.45) is 1.56. The van der Waals surface area contributed by atoms with E-state index < -0.39 is 26.9 Å². The van der Waals surface area contributed by atoms with Crippen molar-refractivity contribution >= 4 is 40.2 Å². The van der Waals surface area contributed by atoms with E-state index in [0.29, 0.717) is 0 Å². The maximum atomic E-state index is 11.6. The first-order chi connectivity index (χ1) is 11.1. The van der Waals surface area contributed by atoms with Crippen molar-refractivity contribution in [3.8, 4) is 6.07 Å². The molecule has 2 aromatic carbocycles. The van der Waals surface area contributed by atoms with Gasteiger partial charge in [-0.15, -0.1) is 0 Å². The van der Waals surface area contributed by atoms with E-state index in [-0.39, 0.29) is 12.2 Å². The zero-order valence-electron chi connectivity index (χ0n) is 13.1. The van der Waals surface area contributed by atoms with Gasteiger partial charge in [0.1, 0.15) is 0 Å². The molecule has 23 heavy (non-hydrogen) atoms. The topological polar surface area (TPSA) is 50.1 Å². The summed E-state index contributed by atoms with van der Waals surface area (Å²) in [7, 11) is 0. The first-order valence-corrected chi connectivity index (χ1v) is 9.59. The van der Waals surface area contributed by atoms with Gasteiger partial charge >= 0.3 is 147 Å². The van der Waals surface area contributed by atoms with Crippen molar-refractivity contribution in [3.63, 3.8) is 0 Å². The number of hydrogen-bond acceptors (Lipinski definition) is 3. The van der Waals surface area contributed by atoms with Crippen molar-refractivity contribution in [2.75, 3.05) is 6.61 Å². The predicted octanol–water partition coefficient (Wildman–Crippen LogP) is 2.12. The number of benzene rings is 2. The zero-order valence-corrected chi connectivity index (χ0v) is 15.4. The van der Waals surface area contributed by atoms with Gasteiger partial charge in [0.2, 0.25) is 0 Å². The molecular weight excluding hydrogens is 402 g/mol. The van der Waals surface area contributed by atoms with Gasteiger partial charge in [-0.05, 0) is 0 Å². The number of aryl methyl sites for hydroxylation is 1. The summed E-state index contributed by atoms with van der Waals surface area (Å²) in [6, 6.07) is 18.5. The second kappa shape index (κ2) is 8.53. The Balaban J connectivity index is 2.11. The van der Waals surface area contributed by atoms with Gasteiger partial charge in [0, 0.05) is 0 Å². The first-order valence-electron chi connectivity index (χ1n) is 7.26. The van der Waals surface area contributed by atoms with E-state index in [1.165, 1.54) is 12.8 Å². The van der Waals surface area contributed by atoms with Crippen molar-refractivity contribution in [1.82, 2.24) is 0 Å². The van der Waals surface area contributed by atoms with E-state index in [1.807, 2.05) is 18.2 Å². The van der Waals surface area contributed by atoms with Gasteiger partial charge in [-0.1, -0.05) is 0 Å². The van der Waals surface area contributed by atoms with Gasteiger partial charge < -0.3 is 0 Å². The molecule has 0 amide bonds. The van der Waals surface area contributed by atoms with Crippen LogP contribution in [0, 0.1) is 18.3 Å². The molecule has 2 aromatic rings. The van der Waals surface area contributed by atoms with E-state index in [0.717, 1.165) is 5.56 Å². The third-order valence-corrected chi connectivity index (χ3v) is 5.96. The maximum absolute atomic E-state index is 11.6. The summed E-state index contributed by atoms with van der Waals surface area (Å²) in [4.78, 5) is 11.6. The molecule has 0 fully saturated rings. The van der Waals surface area contributed by atoms with Gasteiger partial charge in [-0.3, -0.25) is 0 Å². The molecule has 0 saturated heterocycles. The van der Waals surface area contributed by atoms with Crippen LogP contribution in [0.15, 0.2) is 54.1 Å².